The van der Waals surface area contributed by atoms with Gasteiger partial charge in [-0.3, -0.25) is 9.79 Å². The number of anilines is 1. The van der Waals surface area contributed by atoms with Crippen molar-refractivity contribution in [3.05, 3.63) is 52.3 Å². The first-order valence-electron chi connectivity index (χ1n) is 8.95. The van der Waals surface area contributed by atoms with Crippen LogP contribution in [0.15, 0.2) is 46.2 Å². The highest BCUT2D eigenvalue weighted by atomic mass is 32.1. The topological polar surface area (TPSA) is 74.9 Å². The van der Waals surface area contributed by atoms with Gasteiger partial charge < -0.3 is 10.2 Å². The third-order valence-electron chi connectivity index (χ3n) is 4.76. The number of hydrogen-bond donors (Lipinski definition) is 1. The van der Waals surface area contributed by atoms with Crippen LogP contribution in [-0.4, -0.2) is 53.5 Å². The molecule has 2 aliphatic rings. The van der Waals surface area contributed by atoms with E-state index in [4.69, 9.17) is 4.98 Å². The Morgan fingerprint density at radius 3 is 2.78 bits per heavy atom. The van der Waals surface area contributed by atoms with Gasteiger partial charge in [-0.25, -0.2) is 4.98 Å². The van der Waals surface area contributed by atoms with Gasteiger partial charge in [0.2, 0.25) is 4.96 Å². The zero-order chi connectivity index (χ0) is 18.2. The molecule has 0 unspecified atom stereocenters. The molecule has 4 heterocycles. The average Bonchev–Trinajstić information content (AvgIpc) is 3.39. The highest BCUT2D eigenvalue weighted by Crippen LogP contribution is 2.28. The lowest BCUT2D eigenvalue weighted by Gasteiger charge is -2.27. The molecule has 136 valence electrons. The van der Waals surface area contributed by atoms with E-state index >= 15 is 0 Å². The minimum atomic E-state index is -0.141. The van der Waals surface area contributed by atoms with Crippen LogP contribution in [0.4, 0.5) is 5.82 Å². The molecule has 0 spiro atoms. The van der Waals surface area contributed by atoms with Crippen LogP contribution in [0.5, 0.6) is 0 Å². The fourth-order valence-corrected chi connectivity index (χ4v) is 4.25. The fourth-order valence-electron chi connectivity index (χ4n) is 3.35. The second-order valence-electron chi connectivity index (χ2n) is 6.53. The summed E-state index contributed by atoms with van der Waals surface area (Å²) in [7, 11) is 0. The SMILES string of the molecule is O=c1cc(N2CCNCC2)nc2sc(-c3cccc(C4=CCN=C4)c3)nn12. The van der Waals surface area contributed by atoms with Gasteiger partial charge in [0, 0.05) is 44.0 Å². The minimum absolute atomic E-state index is 0.141. The van der Waals surface area contributed by atoms with Crippen LogP contribution in [0.2, 0.25) is 0 Å². The number of aliphatic imine (C=N–C) groups is 1. The Balaban J connectivity index is 1.55. The van der Waals surface area contributed by atoms with E-state index in [0.717, 1.165) is 60.2 Å². The van der Waals surface area contributed by atoms with Crippen molar-refractivity contribution in [2.45, 2.75) is 0 Å². The number of fused-ring (bicyclic) bond motifs is 1. The molecule has 0 radical (unpaired) electrons. The van der Waals surface area contributed by atoms with Crippen LogP contribution in [0.1, 0.15) is 5.56 Å². The number of aromatic nitrogens is 3. The van der Waals surface area contributed by atoms with Gasteiger partial charge in [0.05, 0.1) is 6.54 Å². The zero-order valence-corrected chi connectivity index (χ0v) is 15.4. The lowest BCUT2D eigenvalue weighted by Crippen LogP contribution is -2.44. The Hall–Kier alpha value is -2.84. The molecule has 0 aliphatic carbocycles. The monoisotopic (exact) mass is 378 g/mol. The first kappa shape index (κ1) is 16.3. The summed E-state index contributed by atoms with van der Waals surface area (Å²) in [4.78, 5) is 24.3. The molecule has 1 N–H and O–H groups in total. The van der Waals surface area contributed by atoms with Crippen molar-refractivity contribution in [3.8, 4) is 10.6 Å². The first-order valence-corrected chi connectivity index (χ1v) is 9.77. The summed E-state index contributed by atoms with van der Waals surface area (Å²) >= 11 is 1.44. The quantitative estimate of drug-likeness (QED) is 0.751. The second-order valence-corrected chi connectivity index (χ2v) is 7.48. The summed E-state index contributed by atoms with van der Waals surface area (Å²) in [6, 6.07) is 9.75. The Kier molecular flexibility index (Phi) is 4.06. The van der Waals surface area contributed by atoms with Crippen molar-refractivity contribution in [1.82, 2.24) is 19.9 Å². The van der Waals surface area contributed by atoms with E-state index < -0.39 is 0 Å². The van der Waals surface area contributed by atoms with E-state index in [9.17, 15) is 4.79 Å². The van der Waals surface area contributed by atoms with Crippen molar-refractivity contribution in [3.63, 3.8) is 0 Å². The van der Waals surface area contributed by atoms with Crippen molar-refractivity contribution in [1.29, 1.82) is 0 Å². The summed E-state index contributed by atoms with van der Waals surface area (Å²) < 4.78 is 1.40. The summed E-state index contributed by atoms with van der Waals surface area (Å²) in [5.41, 5.74) is 3.06. The summed E-state index contributed by atoms with van der Waals surface area (Å²) in [5.74, 6) is 0.734. The molecular formula is C19H18N6OS. The third kappa shape index (κ3) is 3.07. The van der Waals surface area contributed by atoms with Gasteiger partial charge in [-0.05, 0) is 17.2 Å². The molecule has 8 heteroatoms. The van der Waals surface area contributed by atoms with Crippen molar-refractivity contribution < 1.29 is 0 Å². The van der Waals surface area contributed by atoms with Crippen molar-refractivity contribution in [2.75, 3.05) is 37.6 Å². The van der Waals surface area contributed by atoms with Crippen LogP contribution in [0, 0.1) is 0 Å². The molecule has 7 nitrogen and oxygen atoms in total. The van der Waals surface area contributed by atoms with E-state index in [0.29, 0.717) is 4.96 Å². The Morgan fingerprint density at radius 2 is 1.96 bits per heavy atom. The smallest absolute Gasteiger partial charge is 0.277 e. The third-order valence-corrected chi connectivity index (χ3v) is 5.72. The van der Waals surface area contributed by atoms with Gasteiger partial charge in [-0.15, -0.1) is 0 Å². The maximum atomic E-state index is 12.6. The number of nitrogens with zero attached hydrogens (tertiary/aromatic N) is 5. The largest absolute Gasteiger partial charge is 0.354 e. The van der Waals surface area contributed by atoms with Gasteiger partial charge in [0.1, 0.15) is 10.8 Å². The van der Waals surface area contributed by atoms with Gasteiger partial charge in [0.25, 0.3) is 5.56 Å². The van der Waals surface area contributed by atoms with Crippen LogP contribution < -0.4 is 15.8 Å². The van der Waals surface area contributed by atoms with Crippen molar-refractivity contribution in [2.24, 2.45) is 4.99 Å². The van der Waals surface area contributed by atoms with Crippen LogP contribution in [0.25, 0.3) is 21.1 Å². The summed E-state index contributed by atoms with van der Waals surface area (Å²) in [6.07, 6.45) is 3.99. The number of allylic oxidation sites excluding steroid dienone is 1. The molecule has 2 aromatic heterocycles. The van der Waals surface area contributed by atoms with Gasteiger partial charge in [-0.2, -0.15) is 9.61 Å². The maximum Gasteiger partial charge on any atom is 0.277 e. The number of nitrogens with one attached hydrogen (secondary N) is 1. The van der Waals surface area contributed by atoms with E-state index in [1.54, 1.807) is 6.07 Å². The Morgan fingerprint density at radius 1 is 1.11 bits per heavy atom. The van der Waals surface area contributed by atoms with Crippen molar-refractivity contribution >= 4 is 33.9 Å². The molecule has 0 atom stereocenters. The summed E-state index contributed by atoms with van der Waals surface area (Å²) in [5, 5.41) is 8.61. The molecule has 0 bridgehead atoms. The predicted octanol–water partition coefficient (Wildman–Crippen LogP) is 1.70. The second kappa shape index (κ2) is 6.71. The normalized spacial score (nSPS) is 16.9. The molecule has 3 aromatic rings. The molecule has 1 fully saturated rings. The van der Waals surface area contributed by atoms with Gasteiger partial charge in [0.15, 0.2) is 0 Å². The number of benzene rings is 1. The van der Waals surface area contributed by atoms with E-state index in [1.807, 2.05) is 18.3 Å². The average molecular weight is 378 g/mol. The fraction of sp³-hybridized carbons (Fsp3) is 0.263. The van der Waals surface area contributed by atoms with E-state index in [-0.39, 0.29) is 5.56 Å². The highest BCUT2D eigenvalue weighted by molar-refractivity contribution is 7.19. The van der Waals surface area contributed by atoms with Gasteiger partial charge in [-0.1, -0.05) is 35.6 Å². The van der Waals surface area contributed by atoms with Gasteiger partial charge >= 0.3 is 0 Å². The first-order chi connectivity index (χ1) is 13.3. The molecule has 1 saturated heterocycles. The Bertz CT molecular complexity index is 1120. The molecule has 2 aliphatic heterocycles. The molecule has 0 amide bonds. The lowest BCUT2D eigenvalue weighted by atomic mass is 10.0. The molecule has 1 aromatic carbocycles. The number of hydrogen-bond acceptors (Lipinski definition) is 7. The number of piperazine rings is 1. The van der Waals surface area contributed by atoms with E-state index in [2.05, 4.69) is 38.5 Å². The number of rotatable bonds is 3. The zero-order valence-electron chi connectivity index (χ0n) is 14.6. The van der Waals surface area contributed by atoms with Crippen LogP contribution in [0.3, 0.4) is 0 Å². The van der Waals surface area contributed by atoms with Crippen LogP contribution in [-0.2, 0) is 0 Å². The molecular weight excluding hydrogens is 360 g/mol. The highest BCUT2D eigenvalue weighted by Gasteiger charge is 2.16. The maximum absolute atomic E-state index is 12.6. The molecule has 0 saturated carbocycles. The molecule has 27 heavy (non-hydrogen) atoms. The predicted molar refractivity (Wildman–Crippen MR) is 109 cm³/mol. The van der Waals surface area contributed by atoms with E-state index in [1.165, 1.54) is 15.9 Å². The van der Waals surface area contributed by atoms with Crippen LogP contribution >= 0.6 is 11.3 Å². The lowest BCUT2D eigenvalue weighted by molar-refractivity contribution is 0.584. The summed E-state index contributed by atoms with van der Waals surface area (Å²) in [6.45, 7) is 4.25. The standard InChI is InChI=1S/C19H18N6OS/c26-17-11-16(24-8-6-20-7-9-24)22-19-25(17)23-18(27-19)14-3-1-2-13(10-14)15-4-5-21-12-15/h1-4,10-12,20H,5-9H2. The molecule has 5 rings (SSSR count). The Labute approximate surface area is 159 Å². The minimum Gasteiger partial charge on any atom is -0.354 e.